The van der Waals surface area contributed by atoms with Gasteiger partial charge in [-0.2, -0.15) is 0 Å². The molecule has 4 heteroatoms. The molecule has 156 valence electrons. The second-order valence-corrected chi connectivity index (χ2v) is 8.14. The van der Waals surface area contributed by atoms with E-state index < -0.39 is 0 Å². The normalized spacial score (nSPS) is 26.4. The summed E-state index contributed by atoms with van der Waals surface area (Å²) in [5, 5.41) is 0. The van der Waals surface area contributed by atoms with Crippen molar-refractivity contribution < 1.29 is 18.9 Å². The lowest BCUT2D eigenvalue weighted by molar-refractivity contribution is 0.261. The summed E-state index contributed by atoms with van der Waals surface area (Å²) in [4.78, 5) is 0. The molecule has 1 aliphatic carbocycles. The average molecular weight is 405 g/mol. The third kappa shape index (κ3) is 4.77. The fourth-order valence-electron chi connectivity index (χ4n) is 3.76. The van der Waals surface area contributed by atoms with Crippen LogP contribution in [-0.4, -0.2) is 38.6 Å². The largest absolute Gasteiger partial charge is 0.491 e. The number of benzene rings is 2. The van der Waals surface area contributed by atoms with Gasteiger partial charge in [0.15, 0.2) is 0 Å². The van der Waals surface area contributed by atoms with E-state index in [1.165, 1.54) is 16.7 Å². The fraction of sp³-hybridized carbons (Fsp3) is 0.385. The quantitative estimate of drug-likeness (QED) is 0.445. The predicted octanol–water partition coefficient (Wildman–Crippen LogP) is 4.80. The predicted molar refractivity (Wildman–Crippen MR) is 116 cm³/mol. The monoisotopic (exact) mass is 404 g/mol. The van der Waals surface area contributed by atoms with Crippen molar-refractivity contribution in [3.8, 4) is 11.5 Å². The molecule has 0 spiro atoms. The minimum absolute atomic E-state index is 0.281. The van der Waals surface area contributed by atoms with Gasteiger partial charge in [-0.25, -0.2) is 0 Å². The van der Waals surface area contributed by atoms with E-state index >= 15 is 0 Å². The molecule has 0 saturated carbocycles. The van der Waals surface area contributed by atoms with E-state index in [4.69, 9.17) is 18.9 Å². The number of allylic oxidation sites excluding steroid dienone is 4. The van der Waals surface area contributed by atoms with Crippen LogP contribution in [0.3, 0.4) is 0 Å². The molecule has 2 atom stereocenters. The Bertz CT molecular complexity index is 909. The van der Waals surface area contributed by atoms with Crippen LogP contribution >= 0.6 is 0 Å². The van der Waals surface area contributed by atoms with Gasteiger partial charge in [-0.15, -0.1) is 0 Å². The topological polar surface area (TPSA) is 43.5 Å². The van der Waals surface area contributed by atoms with E-state index in [1.54, 1.807) is 0 Å². The van der Waals surface area contributed by atoms with Crippen LogP contribution < -0.4 is 9.47 Å². The Morgan fingerprint density at radius 2 is 1.33 bits per heavy atom. The zero-order chi connectivity index (χ0) is 20.3. The molecule has 2 aliphatic heterocycles. The molecule has 3 aliphatic rings. The summed E-state index contributed by atoms with van der Waals surface area (Å²) in [6, 6.07) is 14.9. The fourth-order valence-corrected chi connectivity index (χ4v) is 3.76. The van der Waals surface area contributed by atoms with Crippen molar-refractivity contribution in [3.05, 3.63) is 83.5 Å². The van der Waals surface area contributed by atoms with Gasteiger partial charge in [0.25, 0.3) is 0 Å². The average Bonchev–Trinajstić information content (AvgIpc) is 3.72. The highest BCUT2D eigenvalue weighted by Gasteiger charge is 2.24. The number of ether oxygens (including phenoxy) is 4. The second-order valence-electron chi connectivity index (χ2n) is 8.14. The molecule has 0 aromatic heterocycles. The molecule has 2 fully saturated rings. The Morgan fingerprint density at radius 1 is 0.767 bits per heavy atom. The lowest BCUT2D eigenvalue weighted by Crippen LogP contribution is -2.07. The zero-order valence-electron chi connectivity index (χ0n) is 17.3. The van der Waals surface area contributed by atoms with E-state index in [1.807, 2.05) is 12.1 Å². The van der Waals surface area contributed by atoms with Crippen molar-refractivity contribution in [2.24, 2.45) is 0 Å². The number of aryl methyl sites for hydroxylation is 1. The highest BCUT2D eigenvalue weighted by molar-refractivity contribution is 5.44. The zero-order valence-corrected chi connectivity index (χ0v) is 17.3. The molecule has 30 heavy (non-hydrogen) atoms. The Morgan fingerprint density at radius 3 is 1.93 bits per heavy atom. The molecular weight excluding hydrogens is 376 g/mol. The van der Waals surface area contributed by atoms with Crippen LogP contribution in [0, 0.1) is 0 Å². The van der Waals surface area contributed by atoms with Crippen molar-refractivity contribution >= 4 is 0 Å². The van der Waals surface area contributed by atoms with Crippen LogP contribution in [-0.2, 0) is 15.9 Å². The second kappa shape index (κ2) is 8.66. The third-order valence-corrected chi connectivity index (χ3v) is 5.83. The molecule has 4 nitrogen and oxygen atoms in total. The maximum absolute atomic E-state index is 5.93. The molecule has 2 aromatic rings. The first kappa shape index (κ1) is 19.4. The van der Waals surface area contributed by atoms with Crippen molar-refractivity contribution in [2.75, 3.05) is 26.4 Å². The van der Waals surface area contributed by atoms with E-state index in [0.29, 0.717) is 25.0 Å². The summed E-state index contributed by atoms with van der Waals surface area (Å²) in [7, 11) is 0. The third-order valence-electron chi connectivity index (χ3n) is 5.83. The maximum Gasteiger partial charge on any atom is 0.122 e. The van der Waals surface area contributed by atoms with Crippen molar-refractivity contribution in [2.45, 2.75) is 37.4 Å². The van der Waals surface area contributed by atoms with Gasteiger partial charge in [0, 0.05) is 11.8 Å². The van der Waals surface area contributed by atoms with Crippen LogP contribution in [0.2, 0.25) is 0 Å². The number of rotatable bonds is 9. The minimum atomic E-state index is 0.281. The van der Waals surface area contributed by atoms with Gasteiger partial charge < -0.3 is 18.9 Å². The number of hydrogen-bond acceptors (Lipinski definition) is 4. The van der Waals surface area contributed by atoms with Crippen LogP contribution in [0.4, 0.5) is 0 Å². The Balaban J connectivity index is 1.21. The van der Waals surface area contributed by atoms with Crippen LogP contribution in [0.25, 0.3) is 0 Å². The highest BCUT2D eigenvalue weighted by atomic mass is 16.6. The first-order valence-corrected chi connectivity index (χ1v) is 10.9. The maximum atomic E-state index is 5.93. The summed E-state index contributed by atoms with van der Waals surface area (Å²) >= 11 is 0. The first-order chi connectivity index (χ1) is 14.8. The molecule has 0 bridgehead atoms. The SMILES string of the molecule is CCc1cc(C2C=CC(c3ccc(OCC4CO4)cc3)C=C2)ccc1OCC1CO1. The minimum Gasteiger partial charge on any atom is -0.491 e. The van der Waals surface area contributed by atoms with Crippen molar-refractivity contribution in [1.82, 2.24) is 0 Å². The van der Waals surface area contributed by atoms with Gasteiger partial charge in [-0.1, -0.05) is 55.5 Å². The molecule has 2 unspecified atom stereocenters. The standard InChI is InChI=1S/C26H28O4/c1-2-18-13-22(9-12-26(18)30-17-25-16-29-25)21-5-3-19(4-6-21)20-7-10-23(11-8-20)27-14-24-15-28-24/h3-13,19,21,24-25H,2,14-17H2,1H3. The smallest absolute Gasteiger partial charge is 0.122 e. The molecule has 0 radical (unpaired) electrons. The summed E-state index contributed by atoms with van der Waals surface area (Å²) in [6.45, 7) is 5.11. The van der Waals surface area contributed by atoms with Gasteiger partial charge in [-0.3, -0.25) is 0 Å². The summed E-state index contributed by atoms with van der Waals surface area (Å²) in [5.74, 6) is 2.48. The van der Waals surface area contributed by atoms with Gasteiger partial charge >= 0.3 is 0 Å². The lowest BCUT2D eigenvalue weighted by Gasteiger charge is -2.19. The summed E-state index contributed by atoms with van der Waals surface area (Å²) < 4.78 is 22.1. The molecule has 0 amide bonds. The Labute approximate surface area is 178 Å². The van der Waals surface area contributed by atoms with E-state index in [9.17, 15) is 0 Å². The number of hydrogen-bond donors (Lipinski definition) is 0. The Kier molecular flexibility index (Phi) is 5.60. The molecular formula is C26H28O4. The van der Waals surface area contributed by atoms with Gasteiger partial charge in [0.05, 0.1) is 13.2 Å². The van der Waals surface area contributed by atoms with Gasteiger partial charge in [-0.05, 0) is 41.3 Å². The molecule has 5 rings (SSSR count). The van der Waals surface area contributed by atoms with Crippen LogP contribution in [0.15, 0.2) is 66.8 Å². The molecule has 2 heterocycles. The van der Waals surface area contributed by atoms with Gasteiger partial charge in [0.1, 0.15) is 36.9 Å². The first-order valence-electron chi connectivity index (χ1n) is 10.9. The van der Waals surface area contributed by atoms with Crippen LogP contribution in [0.5, 0.6) is 11.5 Å². The molecule has 2 saturated heterocycles. The van der Waals surface area contributed by atoms with Crippen molar-refractivity contribution in [1.29, 1.82) is 0 Å². The van der Waals surface area contributed by atoms with Crippen LogP contribution in [0.1, 0.15) is 35.4 Å². The molecule has 0 N–H and O–H groups in total. The highest BCUT2D eigenvalue weighted by Crippen LogP contribution is 2.33. The lowest BCUT2D eigenvalue weighted by atomic mass is 9.87. The number of epoxide rings is 2. The van der Waals surface area contributed by atoms with Gasteiger partial charge in [0.2, 0.25) is 0 Å². The summed E-state index contributed by atoms with van der Waals surface area (Å²) in [5.41, 5.74) is 3.83. The van der Waals surface area contributed by atoms with E-state index in [0.717, 1.165) is 31.1 Å². The molecule has 2 aromatic carbocycles. The summed E-state index contributed by atoms with van der Waals surface area (Å²) in [6.07, 6.45) is 10.7. The van der Waals surface area contributed by atoms with Crippen molar-refractivity contribution in [3.63, 3.8) is 0 Å². The Hall–Kier alpha value is -2.56. The van der Waals surface area contributed by atoms with E-state index in [-0.39, 0.29) is 12.2 Å². The van der Waals surface area contributed by atoms with E-state index in [2.05, 4.69) is 61.6 Å².